The Morgan fingerprint density at radius 2 is 1.86 bits per heavy atom. The van der Waals surface area contributed by atoms with E-state index in [0.717, 1.165) is 0 Å². The highest BCUT2D eigenvalue weighted by Gasteiger charge is 2.25. The second-order valence-corrected chi connectivity index (χ2v) is 5.49. The van der Waals surface area contributed by atoms with Gasteiger partial charge in [-0.1, -0.05) is 0 Å². The molecule has 4 N–H and O–H groups in total. The van der Waals surface area contributed by atoms with Crippen molar-refractivity contribution in [2.24, 2.45) is 5.73 Å². The summed E-state index contributed by atoms with van der Waals surface area (Å²) < 4.78 is 12.8. The largest absolute Gasteiger partial charge is 0.341 e. The lowest BCUT2D eigenvalue weighted by molar-refractivity contribution is -0.133. The number of hydrogen-bond donors (Lipinski definition) is 3. The summed E-state index contributed by atoms with van der Waals surface area (Å²) in [5, 5.41) is 5.51. The van der Waals surface area contributed by atoms with Crippen LogP contribution in [0.3, 0.4) is 0 Å². The first-order valence-corrected chi connectivity index (χ1v) is 7.33. The molecule has 1 heterocycles. The van der Waals surface area contributed by atoms with E-state index in [-0.39, 0.29) is 23.8 Å². The number of piperidine rings is 1. The molecule has 1 aliphatic heterocycles. The van der Waals surface area contributed by atoms with Gasteiger partial charge in [0.05, 0.1) is 6.04 Å². The van der Waals surface area contributed by atoms with Gasteiger partial charge in [-0.2, -0.15) is 0 Å². The number of rotatable bonds is 3. The highest BCUT2D eigenvalue weighted by molar-refractivity contribution is 5.89. The zero-order valence-electron chi connectivity index (χ0n) is 12.5. The first-order chi connectivity index (χ1) is 10.5. The Morgan fingerprint density at radius 3 is 2.41 bits per heavy atom. The quantitative estimate of drug-likeness (QED) is 0.786. The lowest BCUT2D eigenvalue weighted by atomic mass is 10.0. The van der Waals surface area contributed by atoms with Crippen LogP contribution in [0.5, 0.6) is 0 Å². The fourth-order valence-electron chi connectivity index (χ4n) is 2.42. The van der Waals surface area contributed by atoms with E-state index in [0.29, 0.717) is 31.6 Å². The van der Waals surface area contributed by atoms with Gasteiger partial charge in [-0.15, -0.1) is 0 Å². The van der Waals surface area contributed by atoms with Gasteiger partial charge in [0.25, 0.3) is 0 Å². The molecule has 1 fully saturated rings. The summed E-state index contributed by atoms with van der Waals surface area (Å²) in [5.41, 5.74) is 6.11. The summed E-state index contributed by atoms with van der Waals surface area (Å²) in [4.78, 5) is 25.4. The van der Waals surface area contributed by atoms with E-state index >= 15 is 0 Å². The molecule has 0 bridgehead atoms. The number of nitrogens with two attached hydrogens (primary N) is 1. The third-order valence-electron chi connectivity index (χ3n) is 3.63. The molecule has 1 aromatic rings. The van der Waals surface area contributed by atoms with Gasteiger partial charge in [0, 0.05) is 24.8 Å². The Labute approximate surface area is 128 Å². The number of halogens is 1. The summed E-state index contributed by atoms with van der Waals surface area (Å²) in [6, 6.07) is 4.76. The second kappa shape index (κ2) is 7.22. The predicted octanol–water partition coefficient (Wildman–Crippen LogP) is 1.29. The number of anilines is 1. The van der Waals surface area contributed by atoms with Crippen LogP contribution in [0.4, 0.5) is 14.9 Å². The van der Waals surface area contributed by atoms with Crippen molar-refractivity contribution in [2.45, 2.75) is 31.8 Å². The van der Waals surface area contributed by atoms with Gasteiger partial charge in [-0.05, 0) is 44.0 Å². The van der Waals surface area contributed by atoms with E-state index in [4.69, 9.17) is 5.73 Å². The maximum Gasteiger partial charge on any atom is 0.319 e. The SMILES string of the molecule is C[C@@H](N)C(=O)N1CCC(NC(=O)Nc2ccc(F)cc2)CC1. The van der Waals surface area contributed by atoms with Crippen molar-refractivity contribution in [1.29, 1.82) is 0 Å². The van der Waals surface area contributed by atoms with Gasteiger partial charge >= 0.3 is 6.03 Å². The van der Waals surface area contributed by atoms with Gasteiger partial charge in [0.15, 0.2) is 0 Å². The Kier molecular flexibility index (Phi) is 5.32. The molecule has 7 heteroatoms. The average Bonchev–Trinajstić information content (AvgIpc) is 2.49. The monoisotopic (exact) mass is 308 g/mol. The lowest BCUT2D eigenvalue weighted by Gasteiger charge is -2.33. The van der Waals surface area contributed by atoms with E-state index < -0.39 is 6.04 Å². The van der Waals surface area contributed by atoms with E-state index in [9.17, 15) is 14.0 Å². The summed E-state index contributed by atoms with van der Waals surface area (Å²) in [6.07, 6.45) is 1.38. The van der Waals surface area contributed by atoms with E-state index in [1.165, 1.54) is 24.3 Å². The summed E-state index contributed by atoms with van der Waals surface area (Å²) in [7, 11) is 0. The molecule has 0 saturated carbocycles. The Balaban J connectivity index is 1.77. The first-order valence-electron chi connectivity index (χ1n) is 7.33. The van der Waals surface area contributed by atoms with Crippen LogP contribution in [-0.2, 0) is 4.79 Å². The smallest absolute Gasteiger partial charge is 0.319 e. The fourth-order valence-corrected chi connectivity index (χ4v) is 2.42. The second-order valence-electron chi connectivity index (χ2n) is 5.49. The van der Waals surface area contributed by atoms with Crippen molar-refractivity contribution < 1.29 is 14.0 Å². The molecule has 0 unspecified atom stereocenters. The van der Waals surface area contributed by atoms with Gasteiger partial charge in [-0.25, -0.2) is 9.18 Å². The molecule has 2 rings (SSSR count). The number of nitrogens with one attached hydrogen (secondary N) is 2. The molecule has 120 valence electrons. The maximum absolute atomic E-state index is 12.8. The molecule has 1 aliphatic rings. The number of benzene rings is 1. The van der Waals surface area contributed by atoms with E-state index in [2.05, 4.69) is 10.6 Å². The molecule has 6 nitrogen and oxygen atoms in total. The minimum Gasteiger partial charge on any atom is -0.341 e. The highest BCUT2D eigenvalue weighted by Crippen LogP contribution is 2.12. The molecular weight excluding hydrogens is 287 g/mol. The number of amides is 3. The molecule has 1 aromatic carbocycles. The Hall–Kier alpha value is -2.15. The van der Waals surface area contributed by atoms with Crippen LogP contribution < -0.4 is 16.4 Å². The molecular formula is C15H21FN4O2. The van der Waals surface area contributed by atoms with Gasteiger partial charge in [-0.3, -0.25) is 4.79 Å². The average molecular weight is 308 g/mol. The predicted molar refractivity (Wildman–Crippen MR) is 81.8 cm³/mol. The van der Waals surface area contributed by atoms with Crippen LogP contribution in [-0.4, -0.2) is 42.0 Å². The summed E-state index contributed by atoms with van der Waals surface area (Å²) in [6.45, 7) is 2.84. The standard InChI is InChI=1S/C15H21FN4O2/c1-10(17)14(21)20-8-6-13(7-9-20)19-15(22)18-12-4-2-11(16)3-5-12/h2-5,10,13H,6-9,17H2,1H3,(H2,18,19,22)/t10-/m1/s1. The Morgan fingerprint density at radius 1 is 1.27 bits per heavy atom. The molecule has 0 radical (unpaired) electrons. The highest BCUT2D eigenvalue weighted by atomic mass is 19.1. The number of carbonyl (C=O) groups is 2. The molecule has 0 aliphatic carbocycles. The van der Waals surface area contributed by atoms with Crippen LogP contribution in [0, 0.1) is 5.82 Å². The van der Waals surface area contributed by atoms with Gasteiger partial charge in [0.2, 0.25) is 5.91 Å². The van der Waals surface area contributed by atoms with Crippen molar-refractivity contribution in [2.75, 3.05) is 18.4 Å². The number of nitrogens with zero attached hydrogens (tertiary/aromatic N) is 1. The molecule has 3 amide bonds. The van der Waals surface area contributed by atoms with Crippen molar-refractivity contribution in [3.63, 3.8) is 0 Å². The number of carbonyl (C=O) groups excluding carboxylic acids is 2. The third kappa shape index (κ3) is 4.42. The maximum atomic E-state index is 12.8. The van der Waals surface area contributed by atoms with Crippen LogP contribution in [0.15, 0.2) is 24.3 Å². The fraction of sp³-hybridized carbons (Fsp3) is 0.467. The lowest BCUT2D eigenvalue weighted by Crippen LogP contribution is -2.50. The minimum atomic E-state index is -0.494. The van der Waals surface area contributed by atoms with Crippen LogP contribution in [0.1, 0.15) is 19.8 Å². The zero-order valence-corrected chi connectivity index (χ0v) is 12.5. The van der Waals surface area contributed by atoms with Crippen LogP contribution in [0.25, 0.3) is 0 Å². The summed E-state index contributed by atoms with van der Waals surface area (Å²) in [5.74, 6) is -0.411. The molecule has 1 atom stereocenters. The molecule has 22 heavy (non-hydrogen) atoms. The van der Waals surface area contributed by atoms with Crippen molar-refractivity contribution in [1.82, 2.24) is 10.2 Å². The van der Waals surface area contributed by atoms with Crippen molar-refractivity contribution in [3.8, 4) is 0 Å². The zero-order chi connectivity index (χ0) is 16.1. The number of urea groups is 1. The third-order valence-corrected chi connectivity index (χ3v) is 3.63. The minimum absolute atomic E-state index is 0.0116. The number of hydrogen-bond acceptors (Lipinski definition) is 3. The van der Waals surface area contributed by atoms with Crippen molar-refractivity contribution in [3.05, 3.63) is 30.1 Å². The summed E-state index contributed by atoms with van der Waals surface area (Å²) >= 11 is 0. The normalized spacial score (nSPS) is 17.0. The first kappa shape index (κ1) is 16.2. The van der Waals surface area contributed by atoms with E-state index in [1.807, 2.05) is 0 Å². The topological polar surface area (TPSA) is 87.5 Å². The van der Waals surface area contributed by atoms with E-state index in [1.54, 1.807) is 11.8 Å². The van der Waals surface area contributed by atoms with Gasteiger partial charge in [0.1, 0.15) is 5.82 Å². The molecule has 0 aromatic heterocycles. The van der Waals surface area contributed by atoms with Crippen LogP contribution in [0.2, 0.25) is 0 Å². The van der Waals surface area contributed by atoms with Crippen molar-refractivity contribution >= 4 is 17.6 Å². The number of likely N-dealkylation sites (tertiary alicyclic amines) is 1. The molecule has 1 saturated heterocycles. The van der Waals surface area contributed by atoms with Gasteiger partial charge < -0.3 is 21.3 Å². The van der Waals surface area contributed by atoms with Crippen LogP contribution >= 0.6 is 0 Å². The Bertz CT molecular complexity index is 525. The molecule has 0 spiro atoms.